The van der Waals surface area contributed by atoms with E-state index in [-0.39, 0.29) is 6.61 Å². The summed E-state index contributed by atoms with van der Waals surface area (Å²) in [5.41, 5.74) is 1.66. The van der Waals surface area contributed by atoms with Crippen LogP contribution in [-0.4, -0.2) is 62.0 Å². The van der Waals surface area contributed by atoms with Gasteiger partial charge in [-0.3, -0.25) is 19.2 Å². The van der Waals surface area contributed by atoms with Crippen LogP contribution in [0.3, 0.4) is 0 Å². The number of carbonyl (C=O) groups is 4. The third-order valence-electron chi connectivity index (χ3n) is 7.80. The molecule has 2 aliphatic rings. The molecule has 1 saturated heterocycles. The molecule has 1 saturated carbocycles. The molecule has 0 N–H and O–H groups in total. The summed E-state index contributed by atoms with van der Waals surface area (Å²) in [6.45, 7) is 6.86. The predicted octanol–water partition coefficient (Wildman–Crippen LogP) is 4.64. The molecule has 1 aliphatic heterocycles. The average molecular weight is 577 g/mol. The monoisotopic (exact) mass is 576 g/mol. The number of methoxy groups -OCH3 is 1. The Balaban J connectivity index is 1.99. The van der Waals surface area contributed by atoms with E-state index in [1.165, 1.54) is 53.4 Å². The molecule has 0 spiro atoms. The van der Waals surface area contributed by atoms with Crippen molar-refractivity contribution in [3.05, 3.63) is 29.3 Å². The highest BCUT2D eigenvalue weighted by Gasteiger charge is 2.52. The quantitative estimate of drug-likeness (QED) is 0.272. The van der Waals surface area contributed by atoms with Crippen molar-refractivity contribution in [2.24, 2.45) is 11.8 Å². The van der Waals surface area contributed by atoms with Crippen LogP contribution < -0.4 is 4.74 Å². The van der Waals surface area contributed by atoms with Crippen LogP contribution in [0.1, 0.15) is 90.4 Å². The van der Waals surface area contributed by atoms with E-state index < -0.39 is 54.4 Å². The first-order chi connectivity index (χ1) is 19.5. The summed E-state index contributed by atoms with van der Waals surface area (Å²) in [5.74, 6) is -0.453. The molecule has 10 heteroatoms. The summed E-state index contributed by atoms with van der Waals surface area (Å²) in [6.07, 6.45) is 2.60. The van der Waals surface area contributed by atoms with Crippen LogP contribution in [0.4, 0.5) is 0 Å². The van der Waals surface area contributed by atoms with Crippen molar-refractivity contribution in [1.29, 1.82) is 0 Å². The molecule has 0 aromatic heterocycles. The molecule has 1 aromatic carbocycles. The van der Waals surface area contributed by atoms with Crippen molar-refractivity contribution in [3.63, 3.8) is 0 Å². The van der Waals surface area contributed by atoms with Gasteiger partial charge in [-0.2, -0.15) is 0 Å². The highest BCUT2D eigenvalue weighted by atomic mass is 16.7. The Morgan fingerprint density at radius 2 is 1.39 bits per heavy atom. The lowest BCUT2D eigenvalue weighted by molar-refractivity contribution is -0.254. The molecule has 41 heavy (non-hydrogen) atoms. The predicted molar refractivity (Wildman–Crippen MR) is 148 cm³/mol. The zero-order valence-corrected chi connectivity index (χ0v) is 25.0. The number of hydrogen-bond acceptors (Lipinski definition) is 10. The van der Waals surface area contributed by atoms with Gasteiger partial charge >= 0.3 is 23.9 Å². The maximum absolute atomic E-state index is 12.2. The van der Waals surface area contributed by atoms with Gasteiger partial charge in [0.2, 0.25) is 0 Å². The van der Waals surface area contributed by atoms with Gasteiger partial charge in [0, 0.05) is 27.7 Å². The highest BCUT2D eigenvalue weighted by Crippen LogP contribution is 2.40. The van der Waals surface area contributed by atoms with Crippen LogP contribution in [0.15, 0.2) is 18.2 Å². The first kappa shape index (κ1) is 32.4. The van der Waals surface area contributed by atoms with E-state index in [2.05, 4.69) is 6.92 Å². The fourth-order valence-corrected chi connectivity index (χ4v) is 6.08. The van der Waals surface area contributed by atoms with Crippen LogP contribution >= 0.6 is 0 Å². The van der Waals surface area contributed by atoms with Crippen molar-refractivity contribution < 1.29 is 47.6 Å². The number of ether oxygens (including phenoxy) is 6. The Hall–Kier alpha value is -3.14. The normalized spacial score (nSPS) is 27.8. The van der Waals surface area contributed by atoms with Gasteiger partial charge in [0.25, 0.3) is 0 Å². The van der Waals surface area contributed by atoms with Gasteiger partial charge in [0.05, 0.1) is 7.11 Å². The molecular formula is C31H44O10. The zero-order chi connectivity index (χ0) is 30.1. The first-order valence-electron chi connectivity index (χ1n) is 14.5. The number of esters is 4. The molecule has 1 heterocycles. The van der Waals surface area contributed by atoms with Crippen molar-refractivity contribution in [2.45, 2.75) is 110 Å². The third-order valence-corrected chi connectivity index (χ3v) is 7.80. The van der Waals surface area contributed by atoms with Crippen LogP contribution in [-0.2, 0) is 49.3 Å². The Morgan fingerprint density at radius 1 is 0.805 bits per heavy atom. The van der Waals surface area contributed by atoms with E-state index >= 15 is 0 Å². The largest absolute Gasteiger partial charge is 0.496 e. The fourth-order valence-electron chi connectivity index (χ4n) is 6.08. The molecule has 1 aromatic rings. The van der Waals surface area contributed by atoms with Crippen LogP contribution in [0.25, 0.3) is 0 Å². The van der Waals surface area contributed by atoms with Gasteiger partial charge in [0.15, 0.2) is 18.3 Å². The summed E-state index contributed by atoms with van der Waals surface area (Å²) in [5, 5.41) is 0. The van der Waals surface area contributed by atoms with Gasteiger partial charge in [-0.1, -0.05) is 38.7 Å². The minimum absolute atomic E-state index is 0.266. The minimum Gasteiger partial charge on any atom is -0.496 e. The molecule has 228 valence electrons. The minimum atomic E-state index is -1.21. The smallest absolute Gasteiger partial charge is 0.303 e. The van der Waals surface area contributed by atoms with Crippen molar-refractivity contribution in [2.75, 3.05) is 13.7 Å². The van der Waals surface area contributed by atoms with Gasteiger partial charge in [-0.15, -0.1) is 0 Å². The maximum atomic E-state index is 12.2. The molecular weight excluding hydrogens is 532 g/mol. The van der Waals surface area contributed by atoms with Gasteiger partial charge in [-0.05, 0) is 54.4 Å². The zero-order valence-electron chi connectivity index (χ0n) is 25.0. The number of carbonyl (C=O) groups excluding carboxylic acids is 4. The SMILES string of the molecule is CCCC1CCC(Cc2cc([C@@H]3O[C@H](COC(C)=O)[C@@H](OC(C)=O)[C@H](OC(C)=O)[C@H]3OC(C)=O)ccc2OC)CC1. The lowest BCUT2D eigenvalue weighted by Crippen LogP contribution is -2.59. The summed E-state index contributed by atoms with van der Waals surface area (Å²) in [4.78, 5) is 48.1. The average Bonchev–Trinajstić information content (AvgIpc) is 2.90. The van der Waals surface area contributed by atoms with E-state index in [0.717, 1.165) is 36.5 Å². The molecule has 5 atom stereocenters. The molecule has 10 nitrogen and oxygen atoms in total. The van der Waals surface area contributed by atoms with Crippen molar-refractivity contribution in [3.8, 4) is 5.75 Å². The summed E-state index contributed by atoms with van der Waals surface area (Å²) >= 11 is 0. The van der Waals surface area contributed by atoms with E-state index in [1.807, 2.05) is 18.2 Å². The molecule has 2 fully saturated rings. The topological polar surface area (TPSA) is 124 Å². The molecule has 0 bridgehead atoms. The van der Waals surface area contributed by atoms with Crippen molar-refractivity contribution >= 4 is 23.9 Å². The molecule has 0 unspecified atom stereocenters. The number of benzene rings is 1. The van der Waals surface area contributed by atoms with Crippen LogP contribution in [0, 0.1) is 11.8 Å². The summed E-state index contributed by atoms with van der Waals surface area (Å²) < 4.78 is 34.0. The Kier molecular flexibility index (Phi) is 12.0. The van der Waals surface area contributed by atoms with Crippen molar-refractivity contribution in [1.82, 2.24) is 0 Å². The van der Waals surface area contributed by atoms with E-state index in [9.17, 15) is 19.2 Å². The fraction of sp³-hybridized carbons (Fsp3) is 0.677. The molecule has 0 amide bonds. The second kappa shape index (κ2) is 15.2. The van der Waals surface area contributed by atoms with E-state index in [0.29, 0.717) is 11.5 Å². The summed E-state index contributed by atoms with van der Waals surface area (Å²) in [7, 11) is 1.63. The first-order valence-corrected chi connectivity index (χ1v) is 14.5. The Bertz CT molecular complexity index is 1060. The highest BCUT2D eigenvalue weighted by molar-refractivity contribution is 5.69. The molecule has 3 rings (SSSR count). The van der Waals surface area contributed by atoms with Gasteiger partial charge in [-0.25, -0.2) is 0 Å². The van der Waals surface area contributed by atoms with Crippen LogP contribution in [0.2, 0.25) is 0 Å². The third kappa shape index (κ3) is 9.18. The number of rotatable bonds is 11. The lowest BCUT2D eigenvalue weighted by Gasteiger charge is -2.44. The maximum Gasteiger partial charge on any atom is 0.303 e. The summed E-state index contributed by atoms with van der Waals surface area (Å²) in [6, 6.07) is 5.63. The van der Waals surface area contributed by atoms with E-state index in [4.69, 9.17) is 28.4 Å². The second-order valence-electron chi connectivity index (χ2n) is 11.1. The lowest BCUT2D eigenvalue weighted by atomic mass is 9.77. The van der Waals surface area contributed by atoms with Gasteiger partial charge in [0.1, 0.15) is 24.6 Å². The standard InChI is InChI=1S/C31H44O10/c1-7-8-22-9-11-23(12-10-22)15-25-16-24(13-14-26(25)36-6)28-30(39-20(4)34)31(40-21(5)35)29(38-19(3)33)27(41-28)17-37-18(2)32/h13-14,16,22-23,27-31H,7-12,15,17H2,1-6H3/t22?,23?,27-,28+,29-,30+,31+/m1/s1. The van der Waals surface area contributed by atoms with E-state index in [1.54, 1.807) is 7.11 Å². The number of hydrogen-bond donors (Lipinski definition) is 0. The molecule has 0 radical (unpaired) electrons. The van der Waals surface area contributed by atoms with Gasteiger partial charge < -0.3 is 28.4 Å². The Labute approximate surface area is 242 Å². The Morgan fingerprint density at radius 3 is 1.95 bits per heavy atom. The molecule has 1 aliphatic carbocycles. The second-order valence-corrected chi connectivity index (χ2v) is 11.1. The van der Waals surface area contributed by atoms with Crippen LogP contribution in [0.5, 0.6) is 5.75 Å².